The van der Waals surface area contributed by atoms with Gasteiger partial charge in [-0.25, -0.2) is 9.78 Å². The fourth-order valence-electron chi connectivity index (χ4n) is 3.55. The van der Waals surface area contributed by atoms with Crippen molar-refractivity contribution in [1.82, 2.24) is 19.0 Å². The normalized spacial score (nSPS) is 15.4. The zero-order valence-corrected chi connectivity index (χ0v) is 17.5. The van der Waals surface area contributed by atoms with Crippen molar-refractivity contribution in [3.8, 4) is 5.75 Å². The van der Waals surface area contributed by atoms with Gasteiger partial charge in [-0.15, -0.1) is 0 Å². The third-order valence-corrected chi connectivity index (χ3v) is 5.26. The van der Waals surface area contributed by atoms with Gasteiger partial charge in [0.2, 0.25) is 0 Å². The van der Waals surface area contributed by atoms with Crippen LogP contribution >= 0.6 is 0 Å². The molecule has 0 saturated heterocycles. The summed E-state index contributed by atoms with van der Waals surface area (Å²) in [4.78, 5) is 57.7. The lowest BCUT2D eigenvalue weighted by Gasteiger charge is -2.34. The lowest BCUT2D eigenvalue weighted by atomic mass is 10.1. The number of benzene rings is 1. The molecule has 0 spiro atoms. The summed E-state index contributed by atoms with van der Waals surface area (Å²) in [5.74, 6) is -0.337. The summed E-state index contributed by atoms with van der Waals surface area (Å²) in [5, 5.41) is 0.226. The molecule has 0 N–H and O–H groups in total. The van der Waals surface area contributed by atoms with Crippen LogP contribution in [0.2, 0.25) is 0 Å². The van der Waals surface area contributed by atoms with Gasteiger partial charge in [-0.3, -0.25) is 28.4 Å². The number of amides is 2. The first-order chi connectivity index (χ1) is 14.7. The van der Waals surface area contributed by atoms with Gasteiger partial charge in [-0.2, -0.15) is 0 Å². The summed E-state index contributed by atoms with van der Waals surface area (Å²) in [6, 6.07) is 9.84. The van der Waals surface area contributed by atoms with Gasteiger partial charge in [0.05, 0.1) is 17.6 Å². The molecule has 0 radical (unpaired) electrons. The fourth-order valence-corrected chi connectivity index (χ4v) is 3.55. The summed E-state index contributed by atoms with van der Waals surface area (Å²) >= 11 is 0. The highest BCUT2D eigenvalue weighted by Gasteiger charge is 2.35. The minimum absolute atomic E-state index is 0.00205. The first-order valence-electron chi connectivity index (χ1n) is 9.56. The SMILES string of the molecule is CN(C)C(=O)[C@H]1CN(C(=O)c2ccc3c(=O)n(C)c(=O)n(C)c3n2)c2ccccc2O1. The van der Waals surface area contributed by atoms with Gasteiger partial charge in [-0.05, 0) is 24.3 Å². The van der Waals surface area contributed by atoms with Gasteiger partial charge < -0.3 is 9.64 Å². The Kier molecular flexibility index (Phi) is 4.84. The van der Waals surface area contributed by atoms with E-state index in [1.54, 1.807) is 38.4 Å². The summed E-state index contributed by atoms with van der Waals surface area (Å²) < 4.78 is 8.02. The number of nitrogens with zero attached hydrogens (tertiary/aromatic N) is 5. The number of hydrogen-bond acceptors (Lipinski definition) is 6. The molecular formula is C21H21N5O5. The van der Waals surface area contributed by atoms with Crippen LogP contribution in [0, 0.1) is 0 Å². The van der Waals surface area contributed by atoms with E-state index in [9.17, 15) is 19.2 Å². The second-order valence-corrected chi connectivity index (χ2v) is 7.50. The number of aromatic nitrogens is 3. The van der Waals surface area contributed by atoms with E-state index in [0.29, 0.717) is 11.4 Å². The van der Waals surface area contributed by atoms with Crippen molar-refractivity contribution in [2.75, 3.05) is 25.5 Å². The number of fused-ring (bicyclic) bond motifs is 2. The summed E-state index contributed by atoms with van der Waals surface area (Å²) in [6.07, 6.45) is -0.869. The Bertz CT molecular complexity index is 1340. The summed E-state index contributed by atoms with van der Waals surface area (Å²) in [6.45, 7) is 0.00205. The largest absolute Gasteiger partial charge is 0.476 e. The molecule has 3 heterocycles. The van der Waals surface area contributed by atoms with Crippen molar-refractivity contribution >= 4 is 28.5 Å². The van der Waals surface area contributed by atoms with E-state index in [-0.39, 0.29) is 29.2 Å². The van der Waals surface area contributed by atoms with E-state index in [1.807, 2.05) is 0 Å². The van der Waals surface area contributed by atoms with Crippen molar-refractivity contribution in [3.05, 3.63) is 62.9 Å². The predicted molar refractivity (Wildman–Crippen MR) is 113 cm³/mol. The number of aryl methyl sites for hydroxylation is 1. The summed E-state index contributed by atoms with van der Waals surface area (Å²) in [7, 11) is 6.10. The van der Waals surface area contributed by atoms with Gasteiger partial charge in [0.25, 0.3) is 17.4 Å². The number of para-hydroxylation sites is 2. The van der Waals surface area contributed by atoms with Crippen molar-refractivity contribution in [2.24, 2.45) is 14.1 Å². The number of likely N-dealkylation sites (N-methyl/N-ethyl adjacent to an activating group) is 1. The standard InChI is InChI=1S/C21H21N5O5/c1-23(2)20(29)16-11-26(14-7-5-6-8-15(14)31-16)19(28)13-10-9-12-17(22-13)24(3)21(30)25(4)18(12)27/h5-10,16H,11H2,1-4H3/t16-/m1/s1. The molecule has 2 amide bonds. The highest BCUT2D eigenvalue weighted by Crippen LogP contribution is 2.34. The van der Waals surface area contributed by atoms with E-state index < -0.39 is 23.3 Å². The minimum Gasteiger partial charge on any atom is -0.476 e. The van der Waals surface area contributed by atoms with Crippen molar-refractivity contribution in [2.45, 2.75) is 6.10 Å². The van der Waals surface area contributed by atoms with Crippen LogP contribution in [0.15, 0.2) is 46.0 Å². The van der Waals surface area contributed by atoms with E-state index >= 15 is 0 Å². The monoisotopic (exact) mass is 423 g/mol. The Morgan fingerprint density at radius 2 is 1.77 bits per heavy atom. The molecule has 160 valence electrons. The molecule has 3 aromatic rings. The van der Waals surface area contributed by atoms with E-state index in [2.05, 4.69) is 4.98 Å². The molecule has 4 rings (SSSR count). The van der Waals surface area contributed by atoms with Crippen molar-refractivity contribution in [3.63, 3.8) is 0 Å². The number of anilines is 1. The molecule has 2 aromatic heterocycles. The Hall–Kier alpha value is -3.95. The van der Waals surface area contributed by atoms with Gasteiger partial charge in [0.1, 0.15) is 17.1 Å². The average Bonchev–Trinajstić information content (AvgIpc) is 2.79. The average molecular weight is 423 g/mol. The Labute approximate surface area is 176 Å². The minimum atomic E-state index is -0.869. The lowest BCUT2D eigenvalue weighted by molar-refractivity contribution is -0.135. The zero-order chi connectivity index (χ0) is 22.4. The zero-order valence-electron chi connectivity index (χ0n) is 17.5. The van der Waals surface area contributed by atoms with Crippen LogP contribution in [0.1, 0.15) is 10.5 Å². The number of hydrogen-bond donors (Lipinski definition) is 0. The highest BCUT2D eigenvalue weighted by atomic mass is 16.5. The molecule has 0 unspecified atom stereocenters. The van der Waals surface area contributed by atoms with E-state index in [4.69, 9.17) is 4.74 Å². The second-order valence-electron chi connectivity index (χ2n) is 7.50. The number of pyridine rings is 1. The van der Waals surface area contributed by atoms with E-state index in [0.717, 1.165) is 4.57 Å². The Morgan fingerprint density at radius 3 is 2.48 bits per heavy atom. The smallest absolute Gasteiger partial charge is 0.332 e. The fraction of sp³-hybridized carbons (Fsp3) is 0.286. The first-order valence-corrected chi connectivity index (χ1v) is 9.56. The van der Waals surface area contributed by atoms with Crippen LogP contribution in [0.5, 0.6) is 5.75 Å². The topological polar surface area (TPSA) is 107 Å². The second kappa shape index (κ2) is 7.38. The Morgan fingerprint density at radius 1 is 1.06 bits per heavy atom. The molecular weight excluding hydrogens is 402 g/mol. The molecule has 10 heteroatoms. The van der Waals surface area contributed by atoms with Gasteiger partial charge >= 0.3 is 5.69 Å². The first kappa shape index (κ1) is 20.3. The molecule has 31 heavy (non-hydrogen) atoms. The lowest BCUT2D eigenvalue weighted by Crippen LogP contribution is -2.50. The van der Waals surface area contributed by atoms with E-state index in [1.165, 1.54) is 40.6 Å². The van der Waals surface area contributed by atoms with Crippen LogP contribution in [-0.2, 0) is 18.9 Å². The van der Waals surface area contributed by atoms with Crippen LogP contribution in [-0.4, -0.2) is 57.6 Å². The van der Waals surface area contributed by atoms with Gasteiger partial charge in [-0.1, -0.05) is 12.1 Å². The molecule has 0 bridgehead atoms. The number of carbonyl (C=O) groups excluding carboxylic acids is 2. The molecule has 0 aliphatic carbocycles. The third kappa shape index (κ3) is 3.25. The molecule has 10 nitrogen and oxygen atoms in total. The maximum Gasteiger partial charge on any atom is 0.332 e. The summed E-state index contributed by atoms with van der Waals surface area (Å²) in [5.41, 5.74) is -0.360. The molecule has 1 atom stereocenters. The number of rotatable bonds is 2. The van der Waals surface area contributed by atoms with Crippen LogP contribution < -0.4 is 20.9 Å². The van der Waals surface area contributed by atoms with Gasteiger partial charge in [0, 0.05) is 28.2 Å². The molecule has 0 fully saturated rings. The van der Waals surface area contributed by atoms with Crippen molar-refractivity contribution < 1.29 is 14.3 Å². The third-order valence-electron chi connectivity index (χ3n) is 5.26. The molecule has 1 aromatic carbocycles. The molecule has 1 aliphatic rings. The maximum absolute atomic E-state index is 13.4. The highest BCUT2D eigenvalue weighted by molar-refractivity contribution is 6.07. The van der Waals surface area contributed by atoms with Crippen LogP contribution in [0.3, 0.4) is 0 Å². The van der Waals surface area contributed by atoms with Crippen LogP contribution in [0.4, 0.5) is 5.69 Å². The maximum atomic E-state index is 13.4. The number of carbonyl (C=O) groups is 2. The van der Waals surface area contributed by atoms with Gasteiger partial charge in [0.15, 0.2) is 6.10 Å². The van der Waals surface area contributed by atoms with Crippen molar-refractivity contribution in [1.29, 1.82) is 0 Å². The van der Waals surface area contributed by atoms with Crippen LogP contribution in [0.25, 0.3) is 11.0 Å². The predicted octanol–water partition coefficient (Wildman–Crippen LogP) is 0.128. The quantitative estimate of drug-likeness (QED) is 0.580. The Balaban J connectivity index is 1.81. The molecule has 0 saturated carbocycles. The molecule has 1 aliphatic heterocycles. The number of ether oxygens (including phenoxy) is 1.